The van der Waals surface area contributed by atoms with Gasteiger partial charge in [0.25, 0.3) is 0 Å². The maximum atomic E-state index is 13.4. The first-order chi connectivity index (χ1) is 23.8. The van der Waals surface area contributed by atoms with Crippen LogP contribution in [0.15, 0.2) is 12.4 Å². The van der Waals surface area contributed by atoms with Crippen LogP contribution in [0.3, 0.4) is 0 Å². The Morgan fingerprint density at radius 2 is 1.20 bits per heavy atom. The minimum Gasteiger partial charge on any atom is -0.481 e. The fraction of sp³-hybridized carbons (Fsp3) is 0.609. The van der Waals surface area contributed by atoms with Crippen LogP contribution in [-0.2, 0) is 79.1 Å². The van der Waals surface area contributed by atoms with Crippen LogP contribution in [0.1, 0.15) is 17.8 Å². The number of aromatic nitrogens is 6. The molecule has 2 heterocycles. The monoisotopic (exact) mass is 788 g/mol. The lowest BCUT2D eigenvalue weighted by atomic mass is 10.1. The topological polar surface area (TPSA) is 363 Å². The van der Waals surface area contributed by atoms with Crippen LogP contribution < -0.4 is 21.3 Å². The number of carbonyl (C=O) groups is 5. The SMILES string of the molecule is CN[C@@H](Cc1cn(CCOS(=O)(=O)O)nn1)C(=O)N[C@@H](CC(=O)O)C(=O)N[C@@H](Cc1cn(CCOS(=O)(=O)O)nn1)C(=O)N[C@@H](CSC)C(=O)O. The van der Waals surface area contributed by atoms with E-state index < -0.39 is 101 Å². The molecule has 0 aliphatic rings. The average Bonchev–Trinajstić information content (AvgIpc) is 3.66. The second kappa shape index (κ2) is 19.9. The summed E-state index contributed by atoms with van der Waals surface area (Å²) in [6, 6.07) is -5.85. The van der Waals surface area contributed by atoms with Crippen LogP contribution in [0.5, 0.6) is 0 Å². The number of carboxylic acid groups (broad SMARTS) is 2. The molecule has 0 saturated carbocycles. The zero-order valence-corrected chi connectivity index (χ0v) is 29.3. The first-order valence-electron chi connectivity index (χ1n) is 14.3. The van der Waals surface area contributed by atoms with Gasteiger partial charge in [-0.05, 0) is 13.3 Å². The van der Waals surface area contributed by atoms with Crippen molar-refractivity contribution in [1.29, 1.82) is 0 Å². The van der Waals surface area contributed by atoms with E-state index in [2.05, 4.69) is 50.3 Å². The van der Waals surface area contributed by atoms with Crippen LogP contribution in [0.2, 0.25) is 0 Å². The molecule has 51 heavy (non-hydrogen) atoms. The van der Waals surface area contributed by atoms with E-state index >= 15 is 0 Å². The van der Waals surface area contributed by atoms with Crippen molar-refractivity contribution in [3.05, 3.63) is 23.8 Å². The number of aliphatic carboxylic acids is 2. The molecule has 0 saturated heterocycles. The first-order valence-corrected chi connectivity index (χ1v) is 18.5. The maximum absolute atomic E-state index is 13.4. The summed E-state index contributed by atoms with van der Waals surface area (Å²) in [6.45, 7) is -1.36. The van der Waals surface area contributed by atoms with Gasteiger partial charge in [0, 0.05) is 31.0 Å². The summed E-state index contributed by atoms with van der Waals surface area (Å²) in [7, 11) is -8.02. The van der Waals surface area contributed by atoms with Gasteiger partial charge in [0.05, 0.1) is 50.2 Å². The summed E-state index contributed by atoms with van der Waals surface area (Å²) in [6.07, 6.45) is 2.65. The molecular formula is C23H36N10O15S3. The molecular weight excluding hydrogens is 753 g/mol. The highest BCUT2D eigenvalue weighted by atomic mass is 32.3. The molecule has 25 nitrogen and oxygen atoms in total. The summed E-state index contributed by atoms with van der Waals surface area (Å²) in [5, 5.41) is 43.7. The van der Waals surface area contributed by atoms with Crippen LogP contribution in [-0.4, -0.2) is 152 Å². The van der Waals surface area contributed by atoms with Gasteiger partial charge in [-0.2, -0.15) is 28.6 Å². The molecule has 0 spiro atoms. The zero-order chi connectivity index (χ0) is 38.4. The van der Waals surface area contributed by atoms with E-state index in [-0.39, 0.29) is 36.7 Å². The van der Waals surface area contributed by atoms with Crippen LogP contribution >= 0.6 is 11.8 Å². The summed E-state index contributed by atoms with van der Waals surface area (Å²) in [5.41, 5.74) is 0.244. The summed E-state index contributed by atoms with van der Waals surface area (Å²) in [5.74, 6) is -5.96. The lowest BCUT2D eigenvalue weighted by molar-refractivity contribution is -0.142. The van der Waals surface area contributed by atoms with Crippen molar-refractivity contribution in [3.63, 3.8) is 0 Å². The van der Waals surface area contributed by atoms with Gasteiger partial charge in [-0.25, -0.2) is 22.5 Å². The zero-order valence-electron chi connectivity index (χ0n) is 26.8. The van der Waals surface area contributed by atoms with Crippen LogP contribution in [0.25, 0.3) is 0 Å². The molecule has 8 N–H and O–H groups in total. The summed E-state index contributed by atoms with van der Waals surface area (Å²) >= 11 is 1.11. The number of amides is 3. The van der Waals surface area contributed by atoms with Crippen LogP contribution in [0, 0.1) is 0 Å². The van der Waals surface area contributed by atoms with E-state index in [0.29, 0.717) is 0 Å². The molecule has 0 radical (unpaired) electrons. The van der Waals surface area contributed by atoms with Gasteiger partial charge in [-0.15, -0.1) is 10.2 Å². The molecule has 2 aromatic heterocycles. The molecule has 0 fully saturated rings. The van der Waals surface area contributed by atoms with Crippen molar-refractivity contribution < 1.29 is 68.5 Å². The number of nitrogens with zero attached hydrogens (tertiary/aromatic N) is 6. The number of hydrogen-bond donors (Lipinski definition) is 8. The van der Waals surface area contributed by atoms with E-state index in [4.69, 9.17) is 9.11 Å². The third-order valence-electron chi connectivity index (χ3n) is 6.36. The highest BCUT2D eigenvalue weighted by molar-refractivity contribution is 7.98. The number of hydrogen-bond acceptors (Lipinski definition) is 17. The summed E-state index contributed by atoms with van der Waals surface area (Å²) < 4.78 is 71.0. The normalized spacial score (nSPS) is 14.2. The summed E-state index contributed by atoms with van der Waals surface area (Å²) in [4.78, 5) is 63.2. The third kappa shape index (κ3) is 16.5. The smallest absolute Gasteiger partial charge is 0.397 e. The Kier molecular flexibility index (Phi) is 16.7. The average molecular weight is 789 g/mol. The Morgan fingerprint density at radius 3 is 1.63 bits per heavy atom. The Morgan fingerprint density at radius 1 is 0.765 bits per heavy atom. The Labute approximate surface area is 294 Å². The molecule has 0 aromatic carbocycles. The fourth-order valence-corrected chi connectivity index (χ4v) is 5.18. The third-order valence-corrected chi connectivity index (χ3v) is 7.96. The van der Waals surface area contributed by atoms with E-state index in [1.807, 2.05) is 0 Å². The number of thioether (sulfide) groups is 1. The number of carbonyl (C=O) groups excluding carboxylic acids is 3. The molecule has 0 aliphatic carbocycles. The van der Waals surface area contributed by atoms with Crippen molar-refractivity contribution in [1.82, 2.24) is 51.3 Å². The first kappa shape index (κ1) is 42.8. The molecule has 28 heteroatoms. The molecule has 0 aliphatic heterocycles. The Balaban J connectivity index is 2.22. The number of likely N-dealkylation sites (N-methyl/N-ethyl adjacent to an activating group) is 1. The highest BCUT2D eigenvalue weighted by Gasteiger charge is 2.32. The Hall–Kier alpha value is -4.32. The molecule has 0 bridgehead atoms. The standard InChI is InChI=1S/C23H36N10O15S3/c1-24-15(7-13-10-32(30-28-13)3-5-47-50(41,42)43)20(36)26-17(9-19(34)35)22(38)25-16(21(37)27-18(12-49-2)23(39)40)8-14-11-33(31-29-14)4-6-48-51(44,45)46/h10-11,15-18,24H,3-9,12H2,1-2H3,(H,25,38)(H,26,36)(H,27,37)(H,34,35)(H,39,40)(H,41,42,43)(H,44,45,46)/t15-,16-,17-,18-/m0/s1. The van der Waals surface area contributed by atoms with Crippen molar-refractivity contribution in [3.8, 4) is 0 Å². The molecule has 3 amide bonds. The predicted octanol–water partition coefficient (Wildman–Crippen LogP) is -4.74. The molecule has 2 aromatic rings. The van der Waals surface area contributed by atoms with Gasteiger partial charge in [-0.1, -0.05) is 10.4 Å². The van der Waals surface area contributed by atoms with Crippen LogP contribution in [0.4, 0.5) is 0 Å². The van der Waals surface area contributed by atoms with Gasteiger partial charge in [-0.3, -0.25) is 28.3 Å². The van der Waals surface area contributed by atoms with Gasteiger partial charge in [0.15, 0.2) is 0 Å². The van der Waals surface area contributed by atoms with Crippen molar-refractivity contribution in [2.45, 2.75) is 56.5 Å². The highest BCUT2D eigenvalue weighted by Crippen LogP contribution is 2.07. The van der Waals surface area contributed by atoms with Crippen molar-refractivity contribution >= 4 is 62.2 Å². The van der Waals surface area contributed by atoms with E-state index in [1.54, 1.807) is 6.26 Å². The van der Waals surface area contributed by atoms with Crippen molar-refractivity contribution in [2.75, 3.05) is 32.3 Å². The lowest BCUT2D eigenvalue weighted by Gasteiger charge is -2.24. The minimum atomic E-state index is -4.73. The Bertz CT molecular complexity index is 1730. The van der Waals surface area contributed by atoms with Crippen molar-refractivity contribution in [2.24, 2.45) is 0 Å². The predicted molar refractivity (Wildman–Crippen MR) is 169 cm³/mol. The quantitative estimate of drug-likeness (QED) is 0.0463. The number of rotatable bonds is 24. The second-order valence-corrected chi connectivity index (χ2v) is 13.4. The van der Waals surface area contributed by atoms with Gasteiger partial charge in [0.1, 0.15) is 18.1 Å². The maximum Gasteiger partial charge on any atom is 0.397 e. The minimum absolute atomic E-state index is 0.0331. The fourth-order valence-electron chi connectivity index (χ4n) is 4.05. The molecule has 4 atom stereocenters. The largest absolute Gasteiger partial charge is 0.481 e. The molecule has 0 unspecified atom stereocenters. The van der Waals surface area contributed by atoms with Gasteiger partial charge in [0.2, 0.25) is 17.7 Å². The van der Waals surface area contributed by atoms with E-state index in [1.165, 1.54) is 19.4 Å². The van der Waals surface area contributed by atoms with E-state index in [9.17, 15) is 51.0 Å². The molecule has 2 rings (SSSR count). The van der Waals surface area contributed by atoms with Gasteiger partial charge >= 0.3 is 32.7 Å². The lowest BCUT2D eigenvalue weighted by Crippen LogP contribution is -2.58. The van der Waals surface area contributed by atoms with E-state index in [0.717, 1.165) is 21.1 Å². The van der Waals surface area contributed by atoms with Gasteiger partial charge < -0.3 is 31.5 Å². The number of carboxylic acids is 2. The second-order valence-electron chi connectivity index (χ2n) is 10.3. The molecule has 286 valence electrons. The number of nitrogens with one attached hydrogen (secondary N) is 4.